The van der Waals surface area contributed by atoms with Gasteiger partial charge >= 0.3 is 5.97 Å². The average molecular weight is 252 g/mol. The maximum Gasteiger partial charge on any atom is 0.317 e. The van der Waals surface area contributed by atoms with Gasteiger partial charge in [0, 0.05) is 5.69 Å². The average Bonchev–Trinajstić information content (AvgIpc) is 2.57. The number of nitrogens with one attached hydrogen (secondary N) is 1. The Morgan fingerprint density at radius 1 is 1.62 bits per heavy atom. The number of aliphatic carboxylic acids is 1. The number of hydrogen-bond donors (Lipinski definition) is 3. The first-order valence-corrected chi connectivity index (χ1v) is 5.91. The number of anilines is 1. The summed E-state index contributed by atoms with van der Waals surface area (Å²) in [5.41, 5.74) is 1.66. The van der Waals surface area contributed by atoms with Crippen LogP contribution in [0.3, 0.4) is 0 Å². The van der Waals surface area contributed by atoms with E-state index in [1.807, 2.05) is 18.2 Å². The lowest BCUT2D eigenvalue weighted by Crippen LogP contribution is -2.29. The molecule has 0 saturated carbocycles. The number of fused-ring (bicyclic) bond motifs is 1. The summed E-state index contributed by atoms with van der Waals surface area (Å²) in [5, 5.41) is 11.7. The molecule has 2 N–H and O–H groups in total. The summed E-state index contributed by atoms with van der Waals surface area (Å²) in [6.07, 6.45) is 0. The van der Waals surface area contributed by atoms with E-state index in [4.69, 9.17) is 5.11 Å². The summed E-state index contributed by atoms with van der Waals surface area (Å²) < 4.78 is 1.70. The zero-order valence-electron chi connectivity index (χ0n) is 8.47. The van der Waals surface area contributed by atoms with E-state index < -0.39 is 11.9 Å². The van der Waals surface area contributed by atoms with E-state index in [0.29, 0.717) is 4.34 Å². The fraction of sp³-hybridized carbons (Fsp3) is 0.111. The highest BCUT2D eigenvalue weighted by Gasteiger charge is 2.10. The van der Waals surface area contributed by atoms with Crippen molar-refractivity contribution in [3.8, 4) is 0 Å². The minimum atomic E-state index is -0.876. The molecule has 0 fully saturated rings. The lowest BCUT2D eigenvalue weighted by atomic mass is 9.96. The summed E-state index contributed by atoms with van der Waals surface area (Å²) in [6.45, 7) is 0. The van der Waals surface area contributed by atoms with Crippen LogP contribution in [0.2, 0.25) is 0 Å². The topological polar surface area (TPSA) is 62.2 Å². The standard InChI is InChI=1S/C9H9BN2O2S2/c10-7(8(13)14)11-4-1-2-5-6(3-4)16-9(15)12-5/h1-3,7,11H,10H2,(H,12,15)(H,13,14). The van der Waals surface area contributed by atoms with E-state index in [1.165, 1.54) is 11.3 Å². The van der Waals surface area contributed by atoms with Crippen LogP contribution in [-0.4, -0.2) is 29.8 Å². The second kappa shape index (κ2) is 4.35. The highest BCUT2D eigenvalue weighted by molar-refractivity contribution is 7.82. The Morgan fingerprint density at radius 3 is 3.06 bits per heavy atom. The predicted molar refractivity (Wildman–Crippen MR) is 70.5 cm³/mol. The maximum absolute atomic E-state index is 10.7. The highest BCUT2D eigenvalue weighted by atomic mass is 32.2. The molecule has 2 rings (SSSR count). The van der Waals surface area contributed by atoms with E-state index in [2.05, 4.69) is 22.9 Å². The molecule has 0 aliphatic rings. The summed E-state index contributed by atoms with van der Waals surface area (Å²) >= 11 is 5.64. The summed E-state index contributed by atoms with van der Waals surface area (Å²) in [7, 11) is 1.60. The van der Waals surface area contributed by atoms with Crippen LogP contribution < -0.4 is 5.32 Å². The third-order valence-electron chi connectivity index (χ3n) is 2.13. The Kier molecular flexibility index (Phi) is 3.07. The van der Waals surface area contributed by atoms with Crippen molar-refractivity contribution in [2.45, 2.75) is 10.3 Å². The number of nitrogens with zero attached hydrogens (tertiary/aromatic N) is 1. The number of carboxylic acid groups (broad SMARTS) is 1. The van der Waals surface area contributed by atoms with Gasteiger partial charge in [0.1, 0.15) is 12.2 Å². The largest absolute Gasteiger partial charge is 0.480 e. The van der Waals surface area contributed by atoms with Gasteiger partial charge in [0.25, 0.3) is 0 Å². The van der Waals surface area contributed by atoms with Crippen molar-refractivity contribution >= 4 is 53.7 Å². The molecule has 1 aromatic heterocycles. The third-order valence-corrected chi connectivity index (χ3v) is 3.33. The Morgan fingerprint density at radius 2 is 2.38 bits per heavy atom. The zero-order valence-corrected chi connectivity index (χ0v) is 10.2. The fourth-order valence-electron chi connectivity index (χ4n) is 1.31. The maximum atomic E-state index is 10.7. The molecule has 0 aliphatic carbocycles. The van der Waals surface area contributed by atoms with E-state index in [1.54, 1.807) is 7.85 Å². The second-order valence-electron chi connectivity index (χ2n) is 3.38. The Balaban J connectivity index is 2.28. The van der Waals surface area contributed by atoms with Crippen molar-refractivity contribution in [2.24, 2.45) is 0 Å². The number of thiol groups is 1. The van der Waals surface area contributed by atoms with Crippen molar-refractivity contribution in [1.29, 1.82) is 0 Å². The third kappa shape index (κ3) is 2.30. The van der Waals surface area contributed by atoms with E-state index in [0.717, 1.165) is 15.9 Å². The van der Waals surface area contributed by atoms with Gasteiger partial charge in [-0.25, -0.2) is 4.98 Å². The predicted octanol–water partition coefficient (Wildman–Crippen LogP) is 1.04. The van der Waals surface area contributed by atoms with Gasteiger partial charge in [-0.3, -0.25) is 4.79 Å². The Hall–Kier alpha value is -1.21. The van der Waals surface area contributed by atoms with Gasteiger partial charge in [0.05, 0.1) is 16.2 Å². The number of rotatable bonds is 3. The molecule has 2 aromatic rings. The van der Waals surface area contributed by atoms with E-state index >= 15 is 0 Å². The van der Waals surface area contributed by atoms with Gasteiger partial charge in [-0.15, -0.1) is 24.0 Å². The molecule has 1 unspecified atom stereocenters. The van der Waals surface area contributed by atoms with Crippen molar-refractivity contribution in [3.63, 3.8) is 0 Å². The van der Waals surface area contributed by atoms with Crippen molar-refractivity contribution < 1.29 is 9.90 Å². The molecule has 0 aliphatic heterocycles. The first-order chi connectivity index (χ1) is 7.56. The van der Waals surface area contributed by atoms with Crippen molar-refractivity contribution in [3.05, 3.63) is 18.2 Å². The van der Waals surface area contributed by atoms with Crippen LogP contribution in [0.1, 0.15) is 0 Å². The van der Waals surface area contributed by atoms with Crippen molar-refractivity contribution in [2.75, 3.05) is 5.32 Å². The summed E-state index contributed by atoms with van der Waals surface area (Å²) in [4.78, 5) is 14.9. The van der Waals surface area contributed by atoms with Crippen LogP contribution in [0.25, 0.3) is 10.2 Å². The number of thiazole rings is 1. The van der Waals surface area contributed by atoms with Gasteiger partial charge < -0.3 is 10.4 Å². The van der Waals surface area contributed by atoms with Crippen molar-refractivity contribution in [1.82, 2.24) is 4.98 Å². The first kappa shape index (κ1) is 11.3. The monoisotopic (exact) mass is 252 g/mol. The Labute approximate surface area is 103 Å². The number of carbonyl (C=O) groups is 1. The van der Waals surface area contributed by atoms with Gasteiger partial charge in [-0.05, 0) is 18.2 Å². The van der Waals surface area contributed by atoms with Crippen LogP contribution >= 0.6 is 24.0 Å². The molecule has 7 heteroatoms. The highest BCUT2D eigenvalue weighted by Crippen LogP contribution is 2.27. The Bertz CT molecular complexity index is 543. The van der Waals surface area contributed by atoms with Crippen LogP contribution in [0.4, 0.5) is 5.69 Å². The van der Waals surface area contributed by atoms with Crippen LogP contribution in [-0.2, 0) is 4.79 Å². The smallest absolute Gasteiger partial charge is 0.317 e. The number of aromatic nitrogens is 1. The van der Waals surface area contributed by atoms with Gasteiger partial charge in [-0.2, -0.15) is 0 Å². The number of benzene rings is 1. The number of hydrogen-bond acceptors (Lipinski definition) is 5. The SMILES string of the molecule is BC(Nc1ccc2nc(S)sc2c1)C(=O)O. The molecule has 1 heterocycles. The fourth-order valence-corrected chi connectivity index (χ4v) is 2.46. The minimum Gasteiger partial charge on any atom is -0.480 e. The lowest BCUT2D eigenvalue weighted by Gasteiger charge is -2.10. The van der Waals surface area contributed by atoms with Crippen LogP contribution in [0.15, 0.2) is 22.5 Å². The lowest BCUT2D eigenvalue weighted by molar-refractivity contribution is -0.136. The second-order valence-corrected chi connectivity index (χ2v) is 5.14. The number of carboxylic acids is 1. The van der Waals surface area contributed by atoms with E-state index in [-0.39, 0.29) is 0 Å². The van der Waals surface area contributed by atoms with E-state index in [9.17, 15) is 4.79 Å². The molecule has 0 bridgehead atoms. The van der Waals surface area contributed by atoms with Crippen LogP contribution in [0.5, 0.6) is 0 Å². The van der Waals surface area contributed by atoms with Gasteiger partial charge in [0.15, 0.2) is 0 Å². The minimum absolute atomic E-state index is 0.610. The first-order valence-electron chi connectivity index (χ1n) is 4.65. The molecule has 82 valence electrons. The summed E-state index contributed by atoms with van der Waals surface area (Å²) in [6, 6.07) is 5.54. The quantitative estimate of drug-likeness (QED) is 0.564. The van der Waals surface area contributed by atoms with Gasteiger partial charge in [0.2, 0.25) is 0 Å². The molecule has 0 saturated heterocycles. The molecule has 0 amide bonds. The molecular weight excluding hydrogens is 243 g/mol. The van der Waals surface area contributed by atoms with Crippen LogP contribution in [0, 0.1) is 0 Å². The normalized spacial score (nSPS) is 12.6. The zero-order chi connectivity index (χ0) is 11.7. The summed E-state index contributed by atoms with van der Waals surface area (Å²) in [5.74, 6) is -1.49. The molecule has 0 spiro atoms. The van der Waals surface area contributed by atoms with Gasteiger partial charge in [-0.1, -0.05) is 0 Å². The molecule has 16 heavy (non-hydrogen) atoms. The molecule has 1 aromatic carbocycles. The molecule has 4 nitrogen and oxygen atoms in total. The molecule has 0 radical (unpaired) electrons. The molecular formula is C9H9BN2O2S2. The molecule has 1 atom stereocenters.